The highest BCUT2D eigenvalue weighted by Crippen LogP contribution is 2.41. The van der Waals surface area contributed by atoms with Crippen molar-refractivity contribution in [1.29, 1.82) is 0 Å². The van der Waals surface area contributed by atoms with Gasteiger partial charge in [0.2, 0.25) is 11.8 Å². The van der Waals surface area contributed by atoms with Crippen molar-refractivity contribution in [2.45, 2.75) is 57.8 Å². The SMILES string of the molecule is Cc1ccnc(Cn2c(-c3ccc(OC4CCC(=O)NC4)cc3Cl)nc3c(OC4(C)CC4)ncnc32)c1. The quantitative estimate of drug-likeness (QED) is 0.384. The van der Waals surface area contributed by atoms with E-state index in [1.165, 1.54) is 6.33 Å². The maximum atomic E-state index is 11.5. The van der Waals surface area contributed by atoms with Crippen LogP contribution >= 0.6 is 11.6 Å². The predicted octanol–water partition coefficient (Wildman–Crippen LogP) is 4.49. The van der Waals surface area contributed by atoms with Gasteiger partial charge >= 0.3 is 0 Å². The number of halogens is 1. The number of imidazole rings is 1. The van der Waals surface area contributed by atoms with Gasteiger partial charge in [-0.2, -0.15) is 4.98 Å². The molecule has 9 nitrogen and oxygen atoms in total. The van der Waals surface area contributed by atoms with Gasteiger partial charge in [0, 0.05) is 18.2 Å². The first kappa shape index (κ1) is 23.7. The van der Waals surface area contributed by atoms with Crippen LogP contribution in [0.4, 0.5) is 0 Å². The molecule has 1 saturated carbocycles. The van der Waals surface area contributed by atoms with Crippen LogP contribution in [0.15, 0.2) is 42.9 Å². The molecule has 1 atom stereocenters. The molecule has 6 rings (SSSR count). The monoisotopic (exact) mass is 518 g/mol. The molecule has 190 valence electrons. The van der Waals surface area contributed by atoms with Crippen molar-refractivity contribution in [3.63, 3.8) is 0 Å². The first-order chi connectivity index (χ1) is 17.9. The maximum Gasteiger partial charge on any atom is 0.245 e. The smallest absolute Gasteiger partial charge is 0.245 e. The third kappa shape index (κ3) is 4.96. The second-order valence-corrected chi connectivity index (χ2v) is 10.4. The topological polar surface area (TPSA) is 104 Å². The Balaban J connectivity index is 1.39. The van der Waals surface area contributed by atoms with Crippen molar-refractivity contribution in [3.05, 3.63) is 59.1 Å². The molecule has 1 N–H and O–H groups in total. The van der Waals surface area contributed by atoms with Crippen LogP contribution in [-0.2, 0) is 11.3 Å². The van der Waals surface area contributed by atoms with Crippen LogP contribution in [-0.4, -0.2) is 48.7 Å². The Kier molecular flexibility index (Phi) is 5.95. The molecular weight excluding hydrogens is 492 g/mol. The third-order valence-corrected chi connectivity index (χ3v) is 7.10. The Morgan fingerprint density at radius 3 is 2.78 bits per heavy atom. The molecular formula is C27H27ClN6O3. The van der Waals surface area contributed by atoms with Crippen molar-refractivity contribution < 1.29 is 14.3 Å². The Hall–Kier alpha value is -3.72. The van der Waals surface area contributed by atoms with Crippen LogP contribution in [0.2, 0.25) is 5.02 Å². The predicted molar refractivity (Wildman–Crippen MR) is 139 cm³/mol. The minimum absolute atomic E-state index is 0.0531. The highest BCUT2D eigenvalue weighted by atomic mass is 35.5. The van der Waals surface area contributed by atoms with Crippen LogP contribution in [0, 0.1) is 6.92 Å². The fourth-order valence-corrected chi connectivity index (χ4v) is 4.71. The number of piperidine rings is 1. The van der Waals surface area contributed by atoms with E-state index in [2.05, 4.69) is 27.2 Å². The van der Waals surface area contributed by atoms with E-state index in [-0.39, 0.29) is 17.6 Å². The number of ether oxygens (including phenoxy) is 2. The Labute approximate surface area is 219 Å². The number of nitrogens with zero attached hydrogens (tertiary/aromatic N) is 5. The zero-order valence-electron chi connectivity index (χ0n) is 20.7. The number of rotatable bonds is 7. The van der Waals surface area contributed by atoms with E-state index in [1.54, 1.807) is 12.3 Å². The Morgan fingerprint density at radius 2 is 2.05 bits per heavy atom. The molecule has 0 bridgehead atoms. The summed E-state index contributed by atoms with van der Waals surface area (Å²) in [7, 11) is 0. The minimum atomic E-state index is -0.210. The molecule has 4 heterocycles. The Morgan fingerprint density at radius 1 is 1.19 bits per heavy atom. The van der Waals surface area contributed by atoms with Gasteiger partial charge in [-0.3, -0.25) is 9.78 Å². The number of hydrogen-bond donors (Lipinski definition) is 1. The van der Waals surface area contributed by atoms with E-state index in [9.17, 15) is 4.79 Å². The summed E-state index contributed by atoms with van der Waals surface area (Å²) >= 11 is 6.80. The number of aryl methyl sites for hydroxylation is 1. The van der Waals surface area contributed by atoms with Crippen LogP contribution < -0.4 is 14.8 Å². The molecule has 2 aliphatic rings. The van der Waals surface area contributed by atoms with Gasteiger partial charge in [-0.05, 0) is 69.0 Å². The molecule has 10 heteroatoms. The first-order valence-corrected chi connectivity index (χ1v) is 12.8. The summed E-state index contributed by atoms with van der Waals surface area (Å²) < 4.78 is 14.3. The lowest BCUT2D eigenvalue weighted by molar-refractivity contribution is -0.123. The number of benzene rings is 1. The molecule has 4 aromatic rings. The molecule has 0 radical (unpaired) electrons. The summed E-state index contributed by atoms with van der Waals surface area (Å²) in [6.45, 7) is 5.05. The fraction of sp³-hybridized carbons (Fsp3) is 0.370. The van der Waals surface area contributed by atoms with E-state index in [0.717, 1.165) is 29.7 Å². The van der Waals surface area contributed by atoms with E-state index in [4.69, 9.17) is 26.1 Å². The molecule has 0 spiro atoms. The highest BCUT2D eigenvalue weighted by molar-refractivity contribution is 6.33. The van der Waals surface area contributed by atoms with Crippen molar-refractivity contribution in [2.75, 3.05) is 6.54 Å². The summed E-state index contributed by atoms with van der Waals surface area (Å²) in [6.07, 6.45) is 6.32. The fourth-order valence-electron chi connectivity index (χ4n) is 4.46. The van der Waals surface area contributed by atoms with E-state index >= 15 is 0 Å². The number of amides is 1. The zero-order valence-corrected chi connectivity index (χ0v) is 21.5. The molecule has 37 heavy (non-hydrogen) atoms. The molecule has 2 fully saturated rings. The summed E-state index contributed by atoms with van der Waals surface area (Å²) in [5.41, 5.74) is 3.77. The molecule has 1 saturated heterocycles. The number of fused-ring (bicyclic) bond motifs is 1. The van der Waals surface area contributed by atoms with E-state index in [0.29, 0.717) is 59.6 Å². The summed E-state index contributed by atoms with van der Waals surface area (Å²) in [4.78, 5) is 29.9. The molecule has 1 aromatic carbocycles. The normalized spacial score (nSPS) is 18.5. The first-order valence-electron chi connectivity index (χ1n) is 12.4. The van der Waals surface area contributed by atoms with Gasteiger partial charge in [0.25, 0.3) is 0 Å². The molecule has 1 aliphatic carbocycles. The van der Waals surface area contributed by atoms with Gasteiger partial charge in [0.15, 0.2) is 11.2 Å². The van der Waals surface area contributed by atoms with Crippen LogP contribution in [0.3, 0.4) is 0 Å². The van der Waals surface area contributed by atoms with Gasteiger partial charge in [0.05, 0.1) is 23.8 Å². The van der Waals surface area contributed by atoms with Crippen LogP contribution in [0.5, 0.6) is 11.6 Å². The highest BCUT2D eigenvalue weighted by Gasteiger charge is 2.41. The van der Waals surface area contributed by atoms with Gasteiger partial charge in [0.1, 0.15) is 29.6 Å². The molecule has 1 amide bonds. The lowest BCUT2D eigenvalue weighted by Crippen LogP contribution is -2.40. The van der Waals surface area contributed by atoms with Crippen molar-refractivity contribution >= 4 is 28.7 Å². The van der Waals surface area contributed by atoms with Crippen LogP contribution in [0.1, 0.15) is 43.9 Å². The summed E-state index contributed by atoms with van der Waals surface area (Å²) in [6, 6.07) is 9.57. The van der Waals surface area contributed by atoms with Crippen molar-refractivity contribution in [1.82, 2.24) is 29.8 Å². The number of nitrogens with one attached hydrogen (secondary N) is 1. The number of carbonyl (C=O) groups is 1. The minimum Gasteiger partial charge on any atom is -0.489 e. The second kappa shape index (κ2) is 9.30. The Bertz CT molecular complexity index is 1490. The lowest BCUT2D eigenvalue weighted by atomic mass is 10.1. The average Bonchev–Trinajstić information content (AvgIpc) is 3.49. The van der Waals surface area contributed by atoms with E-state index in [1.807, 2.05) is 35.8 Å². The number of aromatic nitrogens is 5. The van der Waals surface area contributed by atoms with Crippen molar-refractivity contribution in [2.24, 2.45) is 0 Å². The van der Waals surface area contributed by atoms with Gasteiger partial charge < -0.3 is 19.4 Å². The van der Waals surface area contributed by atoms with Crippen LogP contribution in [0.25, 0.3) is 22.6 Å². The molecule has 1 unspecified atom stereocenters. The lowest BCUT2D eigenvalue weighted by Gasteiger charge is -2.23. The van der Waals surface area contributed by atoms with Gasteiger partial charge in [-0.25, -0.2) is 9.97 Å². The standard InChI is InChI=1S/C27H27ClN6O3/c1-16-7-10-29-17(11-16)14-34-24(33-23-25(34)31-15-32-26(23)37-27(2)8-9-27)20-5-3-18(12-21(20)28)36-19-4-6-22(35)30-13-19/h3,5,7,10-12,15,19H,4,6,8-9,13-14H2,1-2H3,(H,30,35). The zero-order chi connectivity index (χ0) is 25.6. The molecule has 3 aromatic heterocycles. The number of carbonyl (C=O) groups excluding carboxylic acids is 1. The largest absolute Gasteiger partial charge is 0.489 e. The number of pyridine rings is 1. The van der Waals surface area contributed by atoms with E-state index < -0.39 is 0 Å². The molecule has 1 aliphatic heterocycles. The average molecular weight is 519 g/mol. The van der Waals surface area contributed by atoms with Gasteiger partial charge in [-0.1, -0.05) is 11.6 Å². The van der Waals surface area contributed by atoms with Gasteiger partial charge in [-0.15, -0.1) is 0 Å². The second-order valence-electron chi connectivity index (χ2n) is 9.97. The third-order valence-electron chi connectivity index (χ3n) is 6.79. The number of hydrogen-bond acceptors (Lipinski definition) is 7. The van der Waals surface area contributed by atoms with Crippen molar-refractivity contribution in [3.8, 4) is 23.0 Å². The summed E-state index contributed by atoms with van der Waals surface area (Å²) in [5, 5.41) is 3.33. The summed E-state index contributed by atoms with van der Waals surface area (Å²) in [5.74, 6) is 1.81. The maximum absolute atomic E-state index is 11.5.